The Morgan fingerprint density at radius 2 is 2.10 bits per heavy atom. The van der Waals surface area contributed by atoms with Gasteiger partial charge in [-0.05, 0) is 13.0 Å². The lowest BCUT2D eigenvalue weighted by atomic mass is 9.84. The summed E-state index contributed by atoms with van der Waals surface area (Å²) >= 11 is 0. The van der Waals surface area contributed by atoms with Crippen LogP contribution in [0.1, 0.15) is 22.8 Å². The van der Waals surface area contributed by atoms with Crippen LogP contribution < -0.4 is 11.5 Å². The van der Waals surface area contributed by atoms with E-state index in [-0.39, 0.29) is 12.4 Å². The Bertz CT molecular complexity index is 619. The van der Waals surface area contributed by atoms with Gasteiger partial charge in [0.15, 0.2) is 5.54 Å². The standard InChI is InChI=1S/C13H14F3N3O2/c1-12(13(15,16)6-21-5-9(17)19-12)8-4-2-3-7(10(8)14)11(18)20/h2-4H,5-6H2,1H3,(H2,17,19)(H2,18,20). The second-order valence-corrected chi connectivity index (χ2v) is 4.90. The highest BCUT2D eigenvalue weighted by Crippen LogP contribution is 2.43. The number of nitrogens with two attached hydrogens (primary N) is 2. The molecule has 0 fully saturated rings. The fraction of sp³-hybridized carbons (Fsp3) is 0.385. The van der Waals surface area contributed by atoms with Gasteiger partial charge in [-0.25, -0.2) is 13.2 Å². The van der Waals surface area contributed by atoms with Crippen LogP contribution in [0.4, 0.5) is 13.2 Å². The molecule has 0 saturated carbocycles. The van der Waals surface area contributed by atoms with E-state index in [0.717, 1.165) is 19.1 Å². The molecule has 0 aliphatic carbocycles. The molecule has 1 aliphatic heterocycles. The molecule has 114 valence electrons. The highest BCUT2D eigenvalue weighted by Gasteiger charge is 2.54. The average Bonchev–Trinajstić information content (AvgIpc) is 2.46. The van der Waals surface area contributed by atoms with Crippen molar-refractivity contribution >= 4 is 11.7 Å². The maximum Gasteiger partial charge on any atom is 0.299 e. The first-order valence-corrected chi connectivity index (χ1v) is 6.07. The van der Waals surface area contributed by atoms with Crippen molar-refractivity contribution < 1.29 is 22.7 Å². The van der Waals surface area contributed by atoms with E-state index in [1.54, 1.807) is 0 Å². The number of carbonyl (C=O) groups excluding carboxylic acids is 1. The number of amides is 1. The number of alkyl halides is 2. The molecule has 1 aromatic rings. The van der Waals surface area contributed by atoms with E-state index in [1.165, 1.54) is 6.07 Å². The number of carbonyl (C=O) groups is 1. The quantitative estimate of drug-likeness (QED) is 0.859. The number of amidine groups is 1. The van der Waals surface area contributed by atoms with E-state index < -0.39 is 40.9 Å². The van der Waals surface area contributed by atoms with Gasteiger partial charge < -0.3 is 16.2 Å². The third kappa shape index (κ3) is 2.46. The number of aliphatic imine (C=N–C) groups is 1. The van der Waals surface area contributed by atoms with E-state index in [4.69, 9.17) is 16.2 Å². The Kier molecular flexibility index (Phi) is 3.66. The SMILES string of the molecule is CC1(c2cccc(C(N)=O)c2F)N=C(N)COCC1(F)F. The topological polar surface area (TPSA) is 90.7 Å². The first kappa shape index (κ1) is 15.3. The van der Waals surface area contributed by atoms with Crippen molar-refractivity contribution in [3.63, 3.8) is 0 Å². The molecule has 0 radical (unpaired) electrons. The fourth-order valence-corrected chi connectivity index (χ4v) is 2.18. The molecule has 5 nitrogen and oxygen atoms in total. The summed E-state index contributed by atoms with van der Waals surface area (Å²) in [5.41, 5.74) is 7.29. The van der Waals surface area contributed by atoms with Crippen LogP contribution in [0.15, 0.2) is 23.2 Å². The summed E-state index contributed by atoms with van der Waals surface area (Å²) in [6.07, 6.45) is 0. The molecule has 4 N–H and O–H groups in total. The van der Waals surface area contributed by atoms with Crippen LogP contribution in [0.25, 0.3) is 0 Å². The smallest absolute Gasteiger partial charge is 0.299 e. The Morgan fingerprint density at radius 3 is 2.71 bits per heavy atom. The van der Waals surface area contributed by atoms with Gasteiger partial charge >= 0.3 is 0 Å². The van der Waals surface area contributed by atoms with E-state index >= 15 is 0 Å². The van der Waals surface area contributed by atoms with Crippen molar-refractivity contribution in [3.05, 3.63) is 35.1 Å². The molecule has 0 spiro atoms. The van der Waals surface area contributed by atoms with Gasteiger partial charge in [-0.2, -0.15) is 0 Å². The number of nitrogens with zero attached hydrogens (tertiary/aromatic N) is 1. The summed E-state index contributed by atoms with van der Waals surface area (Å²) < 4.78 is 47.7. The summed E-state index contributed by atoms with van der Waals surface area (Å²) in [6, 6.07) is 3.50. The minimum atomic E-state index is -3.51. The van der Waals surface area contributed by atoms with E-state index in [1.807, 2.05) is 0 Å². The van der Waals surface area contributed by atoms with Gasteiger partial charge in [0.25, 0.3) is 11.8 Å². The minimum absolute atomic E-state index is 0.182. The summed E-state index contributed by atoms with van der Waals surface area (Å²) in [5, 5.41) is 0. The number of hydrogen-bond acceptors (Lipinski definition) is 4. The molecule has 1 atom stereocenters. The van der Waals surface area contributed by atoms with Crippen LogP contribution in [0, 0.1) is 5.82 Å². The molecule has 0 bridgehead atoms. The van der Waals surface area contributed by atoms with Gasteiger partial charge in [0.05, 0.1) is 5.56 Å². The fourth-order valence-electron chi connectivity index (χ4n) is 2.18. The molecule has 1 amide bonds. The van der Waals surface area contributed by atoms with Crippen LogP contribution in [-0.2, 0) is 10.3 Å². The maximum absolute atomic E-state index is 14.4. The Balaban J connectivity index is 2.69. The molecule has 2 rings (SSSR count). The second kappa shape index (κ2) is 5.03. The Hall–Kier alpha value is -2.09. The Labute approximate surface area is 118 Å². The lowest BCUT2D eigenvalue weighted by molar-refractivity contribution is -0.116. The Morgan fingerprint density at radius 1 is 1.43 bits per heavy atom. The summed E-state index contributed by atoms with van der Waals surface area (Å²) in [4.78, 5) is 14.9. The molecule has 1 heterocycles. The van der Waals surface area contributed by atoms with Crippen LogP contribution in [0.5, 0.6) is 0 Å². The minimum Gasteiger partial charge on any atom is -0.385 e. The first-order valence-electron chi connectivity index (χ1n) is 6.07. The van der Waals surface area contributed by atoms with Gasteiger partial charge in [-0.1, -0.05) is 12.1 Å². The van der Waals surface area contributed by atoms with Crippen molar-refractivity contribution in [1.29, 1.82) is 0 Å². The molecule has 1 aromatic carbocycles. The van der Waals surface area contributed by atoms with Crippen LogP contribution in [0.2, 0.25) is 0 Å². The van der Waals surface area contributed by atoms with Gasteiger partial charge in [-0.3, -0.25) is 9.79 Å². The number of rotatable bonds is 2. The zero-order chi connectivity index (χ0) is 15.8. The van der Waals surface area contributed by atoms with Crippen LogP contribution >= 0.6 is 0 Å². The number of benzene rings is 1. The largest absolute Gasteiger partial charge is 0.385 e. The average molecular weight is 301 g/mol. The van der Waals surface area contributed by atoms with Crippen molar-refractivity contribution in [2.24, 2.45) is 16.5 Å². The lowest BCUT2D eigenvalue weighted by Crippen LogP contribution is -2.45. The molecule has 0 aromatic heterocycles. The monoisotopic (exact) mass is 301 g/mol. The predicted octanol–water partition coefficient (Wildman–Crippen LogP) is 1.16. The molecule has 0 saturated heterocycles. The zero-order valence-electron chi connectivity index (χ0n) is 11.2. The van der Waals surface area contributed by atoms with Gasteiger partial charge in [0.2, 0.25) is 0 Å². The number of primary amides is 1. The van der Waals surface area contributed by atoms with Gasteiger partial charge in [0, 0.05) is 5.56 Å². The second-order valence-electron chi connectivity index (χ2n) is 4.90. The normalized spacial score (nSPS) is 25.0. The lowest BCUT2D eigenvalue weighted by Gasteiger charge is -2.33. The zero-order valence-corrected chi connectivity index (χ0v) is 11.2. The van der Waals surface area contributed by atoms with Gasteiger partial charge in [0.1, 0.15) is 24.9 Å². The van der Waals surface area contributed by atoms with Crippen molar-refractivity contribution in [2.45, 2.75) is 18.4 Å². The highest BCUT2D eigenvalue weighted by molar-refractivity contribution is 5.93. The summed E-state index contributed by atoms with van der Waals surface area (Å²) in [5.74, 6) is -5.88. The number of halogens is 3. The number of hydrogen-bond donors (Lipinski definition) is 2. The van der Waals surface area contributed by atoms with Crippen LogP contribution in [0.3, 0.4) is 0 Å². The molecular weight excluding hydrogens is 287 g/mol. The van der Waals surface area contributed by atoms with E-state index in [9.17, 15) is 18.0 Å². The molecule has 1 aliphatic rings. The highest BCUT2D eigenvalue weighted by atomic mass is 19.3. The summed E-state index contributed by atoms with van der Waals surface area (Å²) in [6.45, 7) is -0.200. The molecule has 1 unspecified atom stereocenters. The van der Waals surface area contributed by atoms with Crippen molar-refractivity contribution in [1.82, 2.24) is 0 Å². The van der Waals surface area contributed by atoms with E-state index in [0.29, 0.717) is 0 Å². The van der Waals surface area contributed by atoms with E-state index in [2.05, 4.69) is 4.99 Å². The predicted molar refractivity (Wildman–Crippen MR) is 69.7 cm³/mol. The summed E-state index contributed by atoms with van der Waals surface area (Å²) in [7, 11) is 0. The third-order valence-electron chi connectivity index (χ3n) is 3.40. The maximum atomic E-state index is 14.4. The van der Waals surface area contributed by atoms with Crippen molar-refractivity contribution in [3.8, 4) is 0 Å². The van der Waals surface area contributed by atoms with Crippen LogP contribution in [-0.4, -0.2) is 30.9 Å². The molecule has 8 heteroatoms. The van der Waals surface area contributed by atoms with Gasteiger partial charge in [-0.15, -0.1) is 0 Å². The first-order chi connectivity index (χ1) is 9.69. The van der Waals surface area contributed by atoms with Crippen molar-refractivity contribution in [2.75, 3.05) is 13.2 Å². The third-order valence-corrected chi connectivity index (χ3v) is 3.40. The number of ether oxygens (including phenoxy) is 1. The molecule has 21 heavy (non-hydrogen) atoms. The molecular formula is C13H14F3N3O2.